The number of carbonyl (C=O) groups is 1. The minimum atomic E-state index is -0.714. The van der Waals surface area contributed by atoms with Gasteiger partial charge in [0.1, 0.15) is 0 Å². The van der Waals surface area contributed by atoms with Crippen molar-refractivity contribution in [3.63, 3.8) is 0 Å². The normalized spacial score (nSPS) is 19.1. The number of piperidine rings is 1. The molecule has 1 saturated heterocycles. The number of hydrogen-bond acceptors (Lipinski definition) is 5. The van der Waals surface area contributed by atoms with E-state index in [4.69, 9.17) is 9.47 Å². The van der Waals surface area contributed by atoms with Gasteiger partial charge in [0.2, 0.25) is 0 Å². The van der Waals surface area contributed by atoms with Crippen LogP contribution in [0.3, 0.4) is 0 Å². The highest BCUT2D eigenvalue weighted by molar-refractivity contribution is 7.10. The first-order chi connectivity index (χ1) is 12.6. The highest BCUT2D eigenvalue weighted by atomic mass is 32.1. The minimum Gasteiger partial charge on any atom is -0.493 e. The fraction of sp³-hybridized carbons (Fsp3) is 0.450. The van der Waals surface area contributed by atoms with E-state index in [1.165, 1.54) is 10.4 Å². The first-order valence-electron chi connectivity index (χ1n) is 8.78. The maximum absolute atomic E-state index is 11.6. The summed E-state index contributed by atoms with van der Waals surface area (Å²) in [6, 6.07) is 7.97. The molecule has 0 radical (unpaired) electrons. The van der Waals surface area contributed by atoms with Crippen molar-refractivity contribution in [3.8, 4) is 11.5 Å². The Bertz CT molecular complexity index is 773. The van der Waals surface area contributed by atoms with Gasteiger partial charge in [-0.05, 0) is 49.4 Å². The van der Waals surface area contributed by atoms with Crippen LogP contribution in [0.4, 0.5) is 0 Å². The molecule has 2 atom stereocenters. The number of benzene rings is 1. The number of methoxy groups -OCH3 is 2. The van der Waals surface area contributed by atoms with Gasteiger partial charge >= 0.3 is 5.97 Å². The molecule has 1 aromatic heterocycles. The standard InChI is InChI=1S/C20H25NO4S/c1-13-9-11-26-19(13)17(21-10-5-6-14(12-21)20(22)23)15-7-4-8-16(24-2)18(15)25-3/h4,7-9,11,14,17H,5-6,10,12H2,1-3H3,(H,22,23). The Morgan fingerprint density at radius 3 is 2.73 bits per heavy atom. The summed E-state index contributed by atoms with van der Waals surface area (Å²) in [4.78, 5) is 15.1. The summed E-state index contributed by atoms with van der Waals surface area (Å²) in [6.07, 6.45) is 1.61. The van der Waals surface area contributed by atoms with Gasteiger partial charge in [-0.15, -0.1) is 11.3 Å². The van der Waals surface area contributed by atoms with Gasteiger partial charge in [0, 0.05) is 17.0 Å². The first kappa shape index (κ1) is 18.7. The Labute approximate surface area is 158 Å². The van der Waals surface area contributed by atoms with Crippen molar-refractivity contribution in [2.75, 3.05) is 27.3 Å². The highest BCUT2D eigenvalue weighted by Crippen LogP contribution is 2.43. The molecule has 1 N–H and O–H groups in total. The predicted molar refractivity (Wildman–Crippen MR) is 102 cm³/mol. The third-order valence-electron chi connectivity index (χ3n) is 5.05. The molecule has 140 valence electrons. The zero-order valence-electron chi connectivity index (χ0n) is 15.4. The van der Waals surface area contributed by atoms with E-state index in [2.05, 4.69) is 29.3 Å². The van der Waals surface area contributed by atoms with Gasteiger partial charge in [-0.3, -0.25) is 9.69 Å². The van der Waals surface area contributed by atoms with Gasteiger partial charge in [0.05, 0.1) is 26.2 Å². The zero-order valence-corrected chi connectivity index (χ0v) is 16.2. The minimum absolute atomic E-state index is 0.0396. The second kappa shape index (κ2) is 8.10. The number of rotatable bonds is 6. The van der Waals surface area contributed by atoms with Crippen LogP contribution in [0.1, 0.15) is 34.9 Å². The van der Waals surface area contributed by atoms with E-state index in [1.807, 2.05) is 12.1 Å². The van der Waals surface area contributed by atoms with Gasteiger partial charge in [-0.1, -0.05) is 12.1 Å². The molecule has 26 heavy (non-hydrogen) atoms. The fourth-order valence-corrected chi connectivity index (χ4v) is 4.82. The molecule has 6 heteroatoms. The monoisotopic (exact) mass is 375 g/mol. The molecular formula is C20H25NO4S. The van der Waals surface area contributed by atoms with E-state index in [0.717, 1.165) is 24.9 Å². The summed E-state index contributed by atoms with van der Waals surface area (Å²) in [7, 11) is 3.28. The lowest BCUT2D eigenvalue weighted by atomic mass is 9.93. The summed E-state index contributed by atoms with van der Waals surface area (Å²) in [6.45, 7) is 3.51. The second-order valence-corrected chi connectivity index (χ2v) is 7.57. The van der Waals surface area contributed by atoms with Crippen LogP contribution in [-0.2, 0) is 4.79 Å². The molecule has 0 bridgehead atoms. The van der Waals surface area contributed by atoms with Crippen LogP contribution >= 0.6 is 11.3 Å². The van der Waals surface area contributed by atoms with E-state index < -0.39 is 5.97 Å². The van der Waals surface area contributed by atoms with Gasteiger partial charge < -0.3 is 14.6 Å². The quantitative estimate of drug-likeness (QED) is 0.828. The Kier molecular flexibility index (Phi) is 5.84. The lowest BCUT2D eigenvalue weighted by molar-refractivity contribution is -0.143. The Morgan fingerprint density at radius 1 is 1.31 bits per heavy atom. The van der Waals surface area contributed by atoms with Crippen molar-refractivity contribution in [2.45, 2.75) is 25.8 Å². The molecule has 1 aliphatic heterocycles. The Morgan fingerprint density at radius 2 is 2.12 bits per heavy atom. The third kappa shape index (κ3) is 3.57. The summed E-state index contributed by atoms with van der Waals surface area (Å²) in [5.74, 6) is 0.360. The molecule has 1 aromatic carbocycles. The molecule has 2 heterocycles. The predicted octanol–water partition coefficient (Wildman–Crippen LogP) is 3.96. The van der Waals surface area contributed by atoms with Gasteiger partial charge in [0.25, 0.3) is 0 Å². The molecule has 0 saturated carbocycles. The smallest absolute Gasteiger partial charge is 0.307 e. The van der Waals surface area contributed by atoms with Crippen molar-refractivity contribution >= 4 is 17.3 Å². The van der Waals surface area contributed by atoms with Crippen LogP contribution in [0.25, 0.3) is 0 Å². The summed E-state index contributed by atoms with van der Waals surface area (Å²) < 4.78 is 11.2. The molecule has 1 fully saturated rings. The maximum Gasteiger partial charge on any atom is 0.307 e. The number of thiophene rings is 1. The molecule has 2 aromatic rings. The lowest BCUT2D eigenvalue weighted by Crippen LogP contribution is -2.41. The van der Waals surface area contributed by atoms with Crippen molar-refractivity contribution in [2.24, 2.45) is 5.92 Å². The van der Waals surface area contributed by atoms with E-state index in [0.29, 0.717) is 18.0 Å². The van der Waals surface area contributed by atoms with Crippen LogP contribution in [0.15, 0.2) is 29.6 Å². The molecule has 5 nitrogen and oxygen atoms in total. The largest absolute Gasteiger partial charge is 0.493 e. The first-order valence-corrected chi connectivity index (χ1v) is 9.66. The third-order valence-corrected chi connectivity index (χ3v) is 6.12. The number of para-hydroxylation sites is 1. The average molecular weight is 375 g/mol. The number of carboxylic acid groups (broad SMARTS) is 1. The molecule has 1 aliphatic rings. The van der Waals surface area contributed by atoms with Gasteiger partial charge in [-0.2, -0.15) is 0 Å². The number of nitrogens with zero attached hydrogens (tertiary/aromatic N) is 1. The summed E-state index contributed by atoms with van der Waals surface area (Å²) in [5, 5.41) is 11.6. The van der Waals surface area contributed by atoms with E-state index in [1.54, 1.807) is 25.6 Å². The Hall–Kier alpha value is -2.05. The fourth-order valence-electron chi connectivity index (χ4n) is 3.74. The summed E-state index contributed by atoms with van der Waals surface area (Å²) >= 11 is 1.70. The van der Waals surface area contributed by atoms with E-state index >= 15 is 0 Å². The van der Waals surface area contributed by atoms with Crippen molar-refractivity contribution in [1.29, 1.82) is 0 Å². The van der Waals surface area contributed by atoms with E-state index in [9.17, 15) is 9.90 Å². The van der Waals surface area contributed by atoms with Crippen LogP contribution in [0.5, 0.6) is 11.5 Å². The Balaban J connectivity index is 2.08. The van der Waals surface area contributed by atoms with Crippen molar-refractivity contribution in [1.82, 2.24) is 4.90 Å². The molecular weight excluding hydrogens is 350 g/mol. The molecule has 3 rings (SSSR count). The van der Waals surface area contributed by atoms with Crippen LogP contribution in [0, 0.1) is 12.8 Å². The number of aliphatic carboxylic acids is 1. The number of ether oxygens (including phenoxy) is 2. The van der Waals surface area contributed by atoms with Crippen molar-refractivity contribution < 1.29 is 19.4 Å². The second-order valence-electron chi connectivity index (χ2n) is 6.63. The molecule has 0 spiro atoms. The summed E-state index contributed by atoms with van der Waals surface area (Å²) in [5.41, 5.74) is 2.23. The van der Waals surface area contributed by atoms with Crippen molar-refractivity contribution in [3.05, 3.63) is 45.6 Å². The van der Waals surface area contributed by atoms with Crippen LogP contribution in [0.2, 0.25) is 0 Å². The lowest BCUT2D eigenvalue weighted by Gasteiger charge is -2.37. The molecule has 0 amide bonds. The van der Waals surface area contributed by atoms with Crippen LogP contribution < -0.4 is 9.47 Å². The molecule has 0 aliphatic carbocycles. The van der Waals surface area contributed by atoms with Crippen LogP contribution in [-0.4, -0.2) is 43.3 Å². The van der Waals surface area contributed by atoms with Gasteiger partial charge in [0.15, 0.2) is 11.5 Å². The zero-order chi connectivity index (χ0) is 18.7. The van der Waals surface area contributed by atoms with Gasteiger partial charge in [-0.25, -0.2) is 0 Å². The average Bonchev–Trinajstić information content (AvgIpc) is 3.07. The number of aryl methyl sites for hydroxylation is 1. The highest BCUT2D eigenvalue weighted by Gasteiger charge is 2.34. The topological polar surface area (TPSA) is 59.0 Å². The van der Waals surface area contributed by atoms with E-state index in [-0.39, 0.29) is 12.0 Å². The number of likely N-dealkylation sites (tertiary alicyclic amines) is 1. The maximum atomic E-state index is 11.6. The number of carboxylic acids is 1. The SMILES string of the molecule is COc1cccc(C(c2sccc2C)N2CCCC(C(=O)O)C2)c1OC. The molecule has 2 unspecified atom stereocenters. The number of hydrogen-bond donors (Lipinski definition) is 1.